The van der Waals surface area contributed by atoms with E-state index in [0.717, 1.165) is 6.26 Å². The van der Waals surface area contributed by atoms with Gasteiger partial charge in [-0.25, -0.2) is 9.00 Å². The average molecular weight is 288 g/mol. The van der Waals surface area contributed by atoms with E-state index in [1.165, 1.54) is 6.92 Å². The maximum absolute atomic E-state index is 12.7. The van der Waals surface area contributed by atoms with E-state index >= 15 is 0 Å². The zero-order chi connectivity index (χ0) is 14.0. The number of nitrogens with zero attached hydrogens (tertiary/aromatic N) is 1. The van der Waals surface area contributed by atoms with Crippen LogP contribution < -0.4 is 5.32 Å². The molecule has 106 valence electrons. The molecule has 1 amide bonds. The minimum Gasteiger partial charge on any atom is -0.448 e. The fourth-order valence-corrected chi connectivity index (χ4v) is 3.58. The summed E-state index contributed by atoms with van der Waals surface area (Å²) >= 11 is 0. The first kappa shape index (κ1) is 15.2. The first-order valence-corrected chi connectivity index (χ1v) is 7.32. The van der Waals surface area contributed by atoms with E-state index in [9.17, 15) is 22.2 Å². The van der Waals surface area contributed by atoms with Gasteiger partial charge in [-0.15, -0.1) is 4.36 Å². The van der Waals surface area contributed by atoms with Crippen molar-refractivity contribution in [1.82, 2.24) is 5.32 Å². The lowest BCUT2D eigenvalue weighted by atomic mass is 10.1. The van der Waals surface area contributed by atoms with E-state index < -0.39 is 33.2 Å². The third-order valence-corrected chi connectivity index (χ3v) is 4.79. The Labute approximate surface area is 103 Å². The number of hydrogen-bond acceptors (Lipinski definition) is 4. The summed E-state index contributed by atoms with van der Waals surface area (Å²) in [6.45, 7) is 1.17. The molecule has 0 unspecified atom stereocenters. The van der Waals surface area contributed by atoms with Gasteiger partial charge < -0.3 is 10.1 Å². The second kappa shape index (κ2) is 5.43. The van der Waals surface area contributed by atoms with Crippen LogP contribution >= 0.6 is 0 Å². The molecular weight excluding hydrogens is 273 g/mol. The minimum absolute atomic E-state index is 0.0312. The molecule has 0 aromatic rings. The van der Waals surface area contributed by atoms with Crippen molar-refractivity contribution in [3.8, 4) is 0 Å². The van der Waals surface area contributed by atoms with Gasteiger partial charge in [-0.05, 0) is 6.92 Å². The lowest BCUT2D eigenvalue weighted by Crippen LogP contribution is -2.38. The number of carbonyl (C=O) groups excluding carboxylic acids is 1. The number of nitrogens with one attached hydrogen (secondary N) is 1. The molecule has 0 radical (unpaired) electrons. The Kier molecular flexibility index (Phi) is 4.60. The molecule has 1 saturated heterocycles. The molecule has 0 saturated carbocycles. The van der Waals surface area contributed by atoms with Gasteiger partial charge in [0.1, 0.15) is 0 Å². The van der Waals surface area contributed by atoms with E-state index in [1.807, 2.05) is 0 Å². The molecule has 0 aliphatic carbocycles. The van der Waals surface area contributed by atoms with Crippen LogP contribution in [0.4, 0.5) is 18.0 Å². The van der Waals surface area contributed by atoms with Gasteiger partial charge in [0.15, 0.2) is 0 Å². The lowest BCUT2D eigenvalue weighted by molar-refractivity contribution is -0.167. The van der Waals surface area contributed by atoms with E-state index in [-0.39, 0.29) is 19.7 Å². The largest absolute Gasteiger partial charge is 0.448 e. The van der Waals surface area contributed by atoms with Crippen molar-refractivity contribution < 1.29 is 26.9 Å². The van der Waals surface area contributed by atoms with Gasteiger partial charge in [0.25, 0.3) is 0 Å². The number of halogens is 3. The summed E-state index contributed by atoms with van der Waals surface area (Å²) in [5, 5.41) is 1.29. The quantitative estimate of drug-likeness (QED) is 0.834. The van der Waals surface area contributed by atoms with Gasteiger partial charge in [0, 0.05) is 19.3 Å². The smallest absolute Gasteiger partial charge is 0.441 e. The Bertz CT molecular complexity index is 429. The Morgan fingerprint density at radius 3 is 2.61 bits per heavy atom. The van der Waals surface area contributed by atoms with Crippen molar-refractivity contribution in [2.75, 3.05) is 26.0 Å². The third kappa shape index (κ3) is 3.58. The molecular formula is C9H15F3N2O3S. The number of carbonyl (C=O) groups is 1. The fraction of sp³-hybridized carbons (Fsp3) is 0.889. The van der Waals surface area contributed by atoms with E-state index in [2.05, 4.69) is 14.4 Å². The summed E-state index contributed by atoms with van der Waals surface area (Å²) in [6, 6.07) is 0. The molecule has 1 aliphatic rings. The molecule has 1 heterocycles. The zero-order valence-electron chi connectivity index (χ0n) is 9.99. The van der Waals surface area contributed by atoms with Crippen molar-refractivity contribution >= 4 is 15.8 Å². The maximum atomic E-state index is 12.7. The highest BCUT2D eigenvalue weighted by Crippen LogP contribution is 2.34. The molecule has 0 spiro atoms. The predicted octanol–water partition coefficient (Wildman–Crippen LogP) is 1.39. The molecule has 5 nitrogen and oxygen atoms in total. The highest BCUT2D eigenvalue weighted by molar-refractivity contribution is 7.93. The van der Waals surface area contributed by atoms with Crippen LogP contribution in [0, 0.1) is 5.92 Å². The predicted molar refractivity (Wildman–Crippen MR) is 59.7 cm³/mol. The highest BCUT2D eigenvalue weighted by Gasteiger charge is 2.50. The van der Waals surface area contributed by atoms with Gasteiger partial charge in [-0.2, -0.15) is 13.2 Å². The summed E-state index contributed by atoms with van der Waals surface area (Å²) in [5.74, 6) is -1.76. The van der Waals surface area contributed by atoms with E-state index in [1.54, 1.807) is 0 Å². The summed E-state index contributed by atoms with van der Waals surface area (Å²) in [7, 11) is -3.30. The standard InChI is InChI=1S/C9H15F3N2O3S/c1-3-17-8(15)14-18(2,16)7-5-13-4-6(7)9(10,11)12/h6-7,13H,3-5H2,1-2H3/t6-,7+,18-/m1/s1. The van der Waals surface area contributed by atoms with Crippen molar-refractivity contribution in [3.05, 3.63) is 0 Å². The number of rotatable bonds is 2. The molecule has 1 aliphatic heterocycles. The molecule has 1 fully saturated rings. The van der Waals surface area contributed by atoms with E-state index in [0.29, 0.717) is 0 Å². The monoisotopic (exact) mass is 288 g/mol. The van der Waals surface area contributed by atoms with Gasteiger partial charge in [0.05, 0.1) is 27.5 Å². The van der Waals surface area contributed by atoms with Crippen LogP contribution in [0.2, 0.25) is 0 Å². The fourth-order valence-electron chi connectivity index (χ4n) is 1.81. The second-order valence-electron chi connectivity index (χ2n) is 4.00. The SMILES string of the molecule is CCOC(=O)N=[S@](C)(=O)[C@H]1CNC[C@H]1C(F)(F)F. The Morgan fingerprint density at radius 1 is 1.50 bits per heavy atom. The van der Waals surface area contributed by atoms with Crippen LogP contribution in [0.3, 0.4) is 0 Å². The van der Waals surface area contributed by atoms with Crippen LogP contribution in [-0.4, -0.2) is 47.7 Å². The zero-order valence-corrected chi connectivity index (χ0v) is 10.8. The maximum Gasteiger partial charge on any atom is 0.441 e. The van der Waals surface area contributed by atoms with Gasteiger partial charge in [-0.3, -0.25) is 0 Å². The summed E-state index contributed by atoms with van der Waals surface area (Å²) < 4.78 is 58.0. The third-order valence-electron chi connectivity index (χ3n) is 2.66. The Balaban J connectivity index is 2.97. The number of alkyl halides is 3. The van der Waals surface area contributed by atoms with Gasteiger partial charge in [-0.1, -0.05) is 0 Å². The highest BCUT2D eigenvalue weighted by atomic mass is 32.2. The van der Waals surface area contributed by atoms with Crippen LogP contribution in [0.5, 0.6) is 0 Å². The van der Waals surface area contributed by atoms with Crippen molar-refractivity contribution in [3.63, 3.8) is 0 Å². The molecule has 18 heavy (non-hydrogen) atoms. The number of ether oxygens (including phenoxy) is 1. The molecule has 3 atom stereocenters. The van der Waals surface area contributed by atoms with E-state index in [4.69, 9.17) is 0 Å². The van der Waals surface area contributed by atoms with Gasteiger partial charge in [0.2, 0.25) is 0 Å². The molecule has 1 N–H and O–H groups in total. The first-order valence-electron chi connectivity index (χ1n) is 5.33. The summed E-state index contributed by atoms with van der Waals surface area (Å²) in [4.78, 5) is 11.1. The molecule has 0 aromatic heterocycles. The minimum atomic E-state index is -4.46. The Morgan fingerprint density at radius 2 is 2.11 bits per heavy atom. The van der Waals surface area contributed by atoms with Crippen molar-refractivity contribution in [2.45, 2.75) is 18.3 Å². The average Bonchev–Trinajstić information content (AvgIpc) is 2.64. The summed E-state index contributed by atoms with van der Waals surface area (Å²) in [6.07, 6.45) is -4.49. The van der Waals surface area contributed by atoms with Gasteiger partial charge >= 0.3 is 12.3 Å². The number of hydrogen-bond donors (Lipinski definition) is 1. The lowest BCUT2D eigenvalue weighted by Gasteiger charge is -2.21. The van der Waals surface area contributed by atoms with Crippen LogP contribution in [-0.2, 0) is 14.5 Å². The van der Waals surface area contributed by atoms with Crippen molar-refractivity contribution in [2.24, 2.45) is 10.3 Å². The molecule has 9 heteroatoms. The molecule has 0 aromatic carbocycles. The molecule has 1 rings (SSSR count). The first-order chi connectivity index (χ1) is 8.18. The van der Waals surface area contributed by atoms with Crippen molar-refractivity contribution in [1.29, 1.82) is 0 Å². The number of amides is 1. The summed E-state index contributed by atoms with van der Waals surface area (Å²) in [5.41, 5.74) is 0. The van der Waals surface area contributed by atoms with Crippen LogP contribution in [0.15, 0.2) is 4.36 Å². The normalized spacial score (nSPS) is 27.6. The topological polar surface area (TPSA) is 67.8 Å². The van der Waals surface area contributed by atoms with Crippen LogP contribution in [0.1, 0.15) is 6.92 Å². The Hall–Kier alpha value is -0.830. The van der Waals surface area contributed by atoms with Crippen LogP contribution in [0.25, 0.3) is 0 Å². The second-order valence-corrected chi connectivity index (χ2v) is 6.51. The molecule has 0 bridgehead atoms.